The Morgan fingerprint density at radius 3 is 2.93 bits per heavy atom. The van der Waals surface area contributed by atoms with Gasteiger partial charge in [-0.2, -0.15) is 0 Å². The lowest BCUT2D eigenvalue weighted by atomic mass is 9.99. The number of carbonyl (C=O) groups excluding carboxylic acids is 1. The molecule has 3 rings (SSSR count). The number of thiophene rings is 1. The maximum Gasteiger partial charge on any atom is 0.268 e. The molecule has 0 aliphatic carbocycles. The molecule has 28 heavy (non-hydrogen) atoms. The zero-order valence-corrected chi connectivity index (χ0v) is 17.7. The van der Waals surface area contributed by atoms with Gasteiger partial charge in [0, 0.05) is 16.7 Å². The molecule has 2 aromatic heterocycles. The quantitative estimate of drug-likeness (QED) is 0.728. The topological polar surface area (TPSA) is 74.6 Å². The maximum absolute atomic E-state index is 13.2. The highest BCUT2D eigenvalue weighted by atomic mass is 35.5. The number of nitrogens with zero attached hydrogens (tertiary/aromatic N) is 2. The number of rotatable bonds is 6. The highest BCUT2D eigenvalue weighted by Crippen LogP contribution is 2.36. The van der Waals surface area contributed by atoms with Crippen molar-refractivity contribution in [3.05, 3.63) is 26.3 Å². The fraction of sp³-hybridized carbons (Fsp3) is 0.600. The molecule has 2 aromatic rings. The molecule has 0 aromatic carbocycles. The van der Waals surface area contributed by atoms with E-state index in [0.717, 1.165) is 15.9 Å². The summed E-state index contributed by atoms with van der Waals surface area (Å²) < 4.78 is 50.3. The Hall–Kier alpha value is -1.57. The third-order valence-electron chi connectivity index (χ3n) is 4.71. The fourth-order valence-corrected chi connectivity index (χ4v) is 4.39. The van der Waals surface area contributed by atoms with Crippen LogP contribution in [0.1, 0.15) is 63.3 Å². The fourth-order valence-electron chi connectivity index (χ4n) is 3.15. The van der Waals surface area contributed by atoms with Crippen LogP contribution in [0.15, 0.2) is 10.8 Å². The van der Waals surface area contributed by atoms with Gasteiger partial charge in [0.05, 0.1) is 12.5 Å². The number of hydrogen-bond donors (Lipinski definition) is 2. The van der Waals surface area contributed by atoms with E-state index in [1.165, 1.54) is 13.8 Å². The molecule has 0 radical (unpaired) electrons. The van der Waals surface area contributed by atoms with Crippen molar-refractivity contribution in [2.75, 3.05) is 26.1 Å². The first-order valence-electron chi connectivity index (χ1n) is 12.1. The molecular formula is C20H28ClN3O3S. The van der Waals surface area contributed by atoms with Gasteiger partial charge in [-0.3, -0.25) is 14.2 Å². The van der Waals surface area contributed by atoms with Gasteiger partial charge in [0.15, 0.2) is 1.41 Å². The molecule has 1 amide bonds. The van der Waals surface area contributed by atoms with E-state index in [0.29, 0.717) is 25.9 Å². The summed E-state index contributed by atoms with van der Waals surface area (Å²) in [6, 6.07) is -1.87. The van der Waals surface area contributed by atoms with Crippen molar-refractivity contribution in [3.8, 4) is 5.75 Å². The molecule has 0 saturated carbocycles. The average molecular weight is 432 g/mol. The largest absolute Gasteiger partial charge is 0.506 e. The lowest BCUT2D eigenvalue weighted by Crippen LogP contribution is -2.37. The van der Waals surface area contributed by atoms with E-state index < -0.39 is 47.7 Å². The van der Waals surface area contributed by atoms with Gasteiger partial charge >= 0.3 is 0 Å². The average Bonchev–Trinajstić information content (AvgIpc) is 3.00. The molecule has 2 unspecified atom stereocenters. The number of carbonyl (C=O) groups is 1. The first-order valence-corrected chi connectivity index (χ1v) is 10.2. The number of aromatic hydroxyl groups is 1. The molecule has 3 heterocycles. The number of amides is 1. The van der Waals surface area contributed by atoms with Gasteiger partial charge < -0.3 is 15.3 Å². The second kappa shape index (κ2) is 8.84. The Kier molecular flexibility index (Phi) is 4.55. The standard InChI is InChI=1S/C20H28ClN3O3S/c1-12(2)24-19(27)16(17(25)14-11-15(21)28-20(14)24)18(26)22-7-4-8-23-9-5-13(3)6-10-23/h11-13,25H,4-10H2,1-3H3,(H,22,26)/i7D,8D,11D,12D,13D/hD. The van der Waals surface area contributed by atoms with Crippen LogP contribution in [0.4, 0.5) is 0 Å². The van der Waals surface area contributed by atoms with Crippen molar-refractivity contribution in [3.63, 3.8) is 0 Å². The Balaban J connectivity index is 1.93. The van der Waals surface area contributed by atoms with Crippen LogP contribution in [-0.2, 0) is 0 Å². The minimum atomic E-state index is -1.57. The lowest BCUT2D eigenvalue weighted by Gasteiger charge is -2.30. The summed E-state index contributed by atoms with van der Waals surface area (Å²) in [6.07, 6.45) is 0.951. The third-order valence-corrected chi connectivity index (χ3v) is 5.89. The van der Waals surface area contributed by atoms with Crippen LogP contribution < -0.4 is 10.9 Å². The van der Waals surface area contributed by atoms with E-state index in [4.69, 9.17) is 19.9 Å². The molecule has 154 valence electrons. The number of piperidine rings is 1. The number of fused-ring (bicyclic) bond motifs is 1. The van der Waals surface area contributed by atoms with Crippen molar-refractivity contribution in [2.24, 2.45) is 5.89 Å². The summed E-state index contributed by atoms with van der Waals surface area (Å²) >= 11 is 6.86. The minimum absolute atomic E-state index is 0.0317. The van der Waals surface area contributed by atoms with Crippen LogP contribution in [0, 0.1) is 5.89 Å². The van der Waals surface area contributed by atoms with Crippen LogP contribution >= 0.6 is 22.9 Å². The monoisotopic (exact) mass is 431 g/mol. The number of nitrogens with one attached hydrogen (secondary N) is 1. The van der Waals surface area contributed by atoms with Gasteiger partial charge in [-0.05, 0) is 64.7 Å². The number of likely N-dealkylation sites (tertiary alicyclic amines) is 1. The van der Waals surface area contributed by atoms with Crippen molar-refractivity contribution in [1.82, 2.24) is 14.8 Å². The van der Waals surface area contributed by atoms with Gasteiger partial charge in [-0.1, -0.05) is 18.5 Å². The normalized spacial score (nSPS) is 23.0. The molecule has 0 bridgehead atoms. The van der Waals surface area contributed by atoms with E-state index in [-0.39, 0.29) is 32.3 Å². The molecule has 1 aliphatic rings. The van der Waals surface area contributed by atoms with Gasteiger partial charge in [0.2, 0.25) is 0 Å². The van der Waals surface area contributed by atoms with Gasteiger partial charge in [-0.25, -0.2) is 0 Å². The summed E-state index contributed by atoms with van der Waals surface area (Å²) in [5.74, 6) is -2.62. The SMILES string of the molecule is [2H]c1c(Cl)sc2c1c(O)c(C(=O)N([2H])C([2H])CC([2H])N1CCC([2H])(C)CC1)c(=O)n2C([2H])(C)C. The number of pyridine rings is 1. The van der Waals surface area contributed by atoms with E-state index in [2.05, 4.69) is 0 Å². The van der Waals surface area contributed by atoms with Crippen molar-refractivity contribution >= 4 is 39.1 Å². The Morgan fingerprint density at radius 1 is 1.61 bits per heavy atom. The Labute approximate surface area is 182 Å². The summed E-state index contributed by atoms with van der Waals surface area (Å²) in [7, 11) is 0. The molecule has 2 N–H and O–H groups in total. The van der Waals surface area contributed by atoms with Crippen LogP contribution in [-0.4, -0.2) is 46.6 Å². The van der Waals surface area contributed by atoms with Gasteiger partial charge in [0.25, 0.3) is 11.5 Å². The summed E-state index contributed by atoms with van der Waals surface area (Å²) in [5.41, 5.74) is -1.84. The lowest BCUT2D eigenvalue weighted by molar-refractivity contribution is 0.0946. The number of hydrogen-bond acceptors (Lipinski definition) is 5. The van der Waals surface area contributed by atoms with Crippen LogP contribution in [0.2, 0.25) is 5.75 Å². The van der Waals surface area contributed by atoms with Crippen molar-refractivity contribution in [1.29, 1.82) is 0 Å². The Bertz CT molecular complexity index is 1160. The van der Waals surface area contributed by atoms with E-state index >= 15 is 0 Å². The summed E-state index contributed by atoms with van der Waals surface area (Å²) in [6.45, 7) is 3.23. The molecule has 8 heteroatoms. The summed E-state index contributed by atoms with van der Waals surface area (Å²) in [5, 5.41) is 10.8. The van der Waals surface area contributed by atoms with Crippen molar-refractivity contribution < 1.29 is 18.2 Å². The highest BCUT2D eigenvalue weighted by molar-refractivity contribution is 7.22. The predicted octanol–water partition coefficient (Wildman–Crippen LogP) is 3.85. The van der Waals surface area contributed by atoms with Gasteiger partial charge in [0.1, 0.15) is 16.1 Å². The summed E-state index contributed by atoms with van der Waals surface area (Å²) in [4.78, 5) is 28.2. The predicted molar refractivity (Wildman–Crippen MR) is 115 cm³/mol. The molecule has 1 fully saturated rings. The van der Waals surface area contributed by atoms with E-state index in [9.17, 15) is 14.7 Å². The van der Waals surface area contributed by atoms with Crippen LogP contribution in [0.25, 0.3) is 10.2 Å². The maximum atomic E-state index is 13.2. The molecular weight excluding hydrogens is 398 g/mol. The Morgan fingerprint density at radius 2 is 2.29 bits per heavy atom. The molecule has 6 nitrogen and oxygen atoms in total. The second-order valence-corrected chi connectivity index (χ2v) is 8.62. The first kappa shape index (κ1) is 14.4. The highest BCUT2D eigenvalue weighted by Gasteiger charge is 2.24. The van der Waals surface area contributed by atoms with Crippen molar-refractivity contribution in [2.45, 2.75) is 46.1 Å². The second-order valence-electron chi connectivity index (χ2n) is 7.02. The molecule has 2 atom stereocenters. The van der Waals surface area contributed by atoms with Gasteiger partial charge in [-0.15, -0.1) is 11.3 Å². The molecule has 1 aliphatic heterocycles. The minimum Gasteiger partial charge on any atom is -0.506 e. The van der Waals surface area contributed by atoms with E-state index in [1.54, 1.807) is 4.90 Å². The number of aromatic nitrogens is 1. The zero-order valence-electron chi connectivity index (χ0n) is 22.1. The van der Waals surface area contributed by atoms with Crippen LogP contribution in [0.5, 0.6) is 5.75 Å². The number of halogens is 1. The van der Waals surface area contributed by atoms with Crippen LogP contribution in [0.3, 0.4) is 0 Å². The first-order chi connectivity index (χ1) is 15.6. The smallest absolute Gasteiger partial charge is 0.268 e. The zero-order chi connectivity index (χ0) is 25.7. The third kappa shape index (κ3) is 4.36. The molecule has 0 spiro atoms. The molecule has 1 saturated heterocycles. The van der Waals surface area contributed by atoms with E-state index in [1.807, 2.05) is 6.92 Å².